The van der Waals surface area contributed by atoms with Crippen molar-refractivity contribution in [3.63, 3.8) is 0 Å². The molecule has 0 fully saturated rings. The normalized spacial score (nSPS) is 12.1. The average molecular weight is 539 g/mol. The van der Waals surface area contributed by atoms with Crippen LogP contribution in [0.3, 0.4) is 0 Å². The minimum atomic E-state index is -0.530. The van der Waals surface area contributed by atoms with Crippen molar-refractivity contribution in [2.45, 2.75) is 38.8 Å². The Morgan fingerprint density at radius 2 is 1.97 bits per heavy atom. The second-order valence-corrected chi connectivity index (χ2v) is 9.78. The molecule has 200 valence electrons. The van der Waals surface area contributed by atoms with Crippen LogP contribution in [0.25, 0.3) is 28.0 Å². The first-order valence-electron chi connectivity index (χ1n) is 12.5. The lowest BCUT2D eigenvalue weighted by atomic mass is 10.0. The Balaban J connectivity index is 1.51. The van der Waals surface area contributed by atoms with Crippen LogP contribution in [0.2, 0.25) is 5.02 Å². The smallest absolute Gasteiger partial charge is 0.354 e. The van der Waals surface area contributed by atoms with Gasteiger partial charge in [0.2, 0.25) is 0 Å². The number of benzene rings is 2. The summed E-state index contributed by atoms with van der Waals surface area (Å²) < 4.78 is 16.4. The summed E-state index contributed by atoms with van der Waals surface area (Å²) in [6, 6.07) is 12.8. The lowest BCUT2D eigenvalue weighted by Crippen LogP contribution is -2.32. The van der Waals surface area contributed by atoms with Crippen molar-refractivity contribution in [1.29, 1.82) is 5.41 Å². The van der Waals surface area contributed by atoms with E-state index in [9.17, 15) is 9.18 Å². The van der Waals surface area contributed by atoms with Gasteiger partial charge in [0.15, 0.2) is 11.8 Å². The van der Waals surface area contributed by atoms with Gasteiger partial charge < -0.3 is 27.1 Å². The van der Waals surface area contributed by atoms with E-state index in [0.29, 0.717) is 47.5 Å². The number of nitrogens with two attached hydrogens (primary N) is 2. The maximum Gasteiger partial charge on any atom is 0.354 e. The highest BCUT2D eigenvalue weighted by Gasteiger charge is 2.15. The summed E-state index contributed by atoms with van der Waals surface area (Å²) in [7, 11) is 0. The second-order valence-electron chi connectivity index (χ2n) is 9.37. The lowest BCUT2D eigenvalue weighted by molar-refractivity contribution is 0.628. The van der Waals surface area contributed by atoms with Crippen molar-refractivity contribution in [2.75, 3.05) is 13.1 Å². The largest absolute Gasteiger partial charge is 0.370 e. The van der Waals surface area contributed by atoms with E-state index in [2.05, 4.69) is 20.6 Å². The highest BCUT2D eigenvalue weighted by molar-refractivity contribution is 6.31. The Hall–Kier alpha value is -3.73. The SMILES string of the molecule is CC(N)CCc1cc(Cl)c(F)c(-c2cc3cn(-c4ccc(CNCCCNC(=N)N)cc4)c(=O)nc3[nH]2)c1. The number of fused-ring (bicyclic) bond motifs is 1. The minimum Gasteiger partial charge on any atom is -0.370 e. The first-order chi connectivity index (χ1) is 18.2. The van der Waals surface area contributed by atoms with Crippen LogP contribution < -0.4 is 27.8 Å². The van der Waals surface area contributed by atoms with Crippen molar-refractivity contribution >= 4 is 28.6 Å². The number of nitrogens with zero attached hydrogens (tertiary/aromatic N) is 2. The summed E-state index contributed by atoms with van der Waals surface area (Å²) in [6.45, 7) is 4.01. The van der Waals surface area contributed by atoms with Crippen LogP contribution in [0.5, 0.6) is 0 Å². The molecule has 4 rings (SSSR count). The quantitative estimate of drug-likeness (QED) is 0.0978. The van der Waals surface area contributed by atoms with E-state index in [-0.39, 0.29) is 17.0 Å². The fourth-order valence-corrected chi connectivity index (χ4v) is 4.39. The fourth-order valence-electron chi connectivity index (χ4n) is 4.15. The van der Waals surface area contributed by atoms with E-state index in [0.717, 1.165) is 30.5 Å². The molecule has 0 amide bonds. The zero-order chi connectivity index (χ0) is 27.2. The Kier molecular flexibility index (Phi) is 8.77. The molecule has 0 saturated carbocycles. The zero-order valence-corrected chi connectivity index (χ0v) is 21.9. The number of hydrogen-bond acceptors (Lipinski definition) is 5. The minimum absolute atomic E-state index is 0.0250. The number of hydrogen-bond donors (Lipinski definition) is 6. The molecule has 8 N–H and O–H groups in total. The molecule has 1 unspecified atom stereocenters. The van der Waals surface area contributed by atoms with E-state index in [1.807, 2.05) is 31.2 Å². The summed E-state index contributed by atoms with van der Waals surface area (Å²) in [5.74, 6) is -0.560. The van der Waals surface area contributed by atoms with Crippen LogP contribution in [0.4, 0.5) is 4.39 Å². The molecule has 9 nitrogen and oxygen atoms in total. The molecule has 0 aliphatic heterocycles. The molecule has 2 heterocycles. The first kappa shape index (κ1) is 27.3. The van der Waals surface area contributed by atoms with Gasteiger partial charge in [-0.15, -0.1) is 0 Å². The molecule has 0 spiro atoms. The van der Waals surface area contributed by atoms with Crippen LogP contribution in [-0.4, -0.2) is 39.6 Å². The molecule has 0 aliphatic carbocycles. The predicted molar refractivity (Wildman–Crippen MR) is 150 cm³/mol. The molecular formula is C27H32ClFN8O. The Labute approximate surface area is 224 Å². The Morgan fingerprint density at radius 3 is 2.68 bits per heavy atom. The van der Waals surface area contributed by atoms with Gasteiger partial charge in [-0.3, -0.25) is 9.98 Å². The van der Waals surface area contributed by atoms with E-state index in [4.69, 9.17) is 28.5 Å². The number of aromatic nitrogens is 3. The Bertz CT molecular complexity index is 1480. The van der Waals surface area contributed by atoms with Crippen molar-refractivity contribution in [1.82, 2.24) is 25.2 Å². The van der Waals surface area contributed by atoms with Crippen molar-refractivity contribution in [3.05, 3.63) is 81.1 Å². The van der Waals surface area contributed by atoms with E-state index < -0.39 is 11.5 Å². The van der Waals surface area contributed by atoms with Crippen molar-refractivity contribution in [3.8, 4) is 16.9 Å². The number of H-pyrrole nitrogens is 1. The molecule has 1 atom stereocenters. The molecule has 4 aromatic rings. The fraction of sp³-hybridized carbons (Fsp3) is 0.296. The standard InChI is InChI=1S/C27H32ClFN8O/c1-16(30)3-4-18-11-21(24(29)22(28)12-18)23-13-19-15-37(27(38)36-25(19)35-23)20-7-5-17(6-8-20)14-33-9-2-10-34-26(31)32/h5-8,11-13,15-16,33H,2-4,9-10,14,30H2,1H3,(H4,31,32,34)(H,35,36,38). The van der Waals surface area contributed by atoms with Crippen LogP contribution in [0, 0.1) is 11.2 Å². The molecule has 38 heavy (non-hydrogen) atoms. The molecule has 0 aliphatic rings. The topological polar surface area (TPSA) is 151 Å². The number of guanidine groups is 1. The lowest BCUT2D eigenvalue weighted by Gasteiger charge is -2.09. The molecule has 0 radical (unpaired) electrons. The van der Waals surface area contributed by atoms with Gasteiger partial charge in [-0.1, -0.05) is 23.7 Å². The summed E-state index contributed by atoms with van der Waals surface area (Å²) in [6.07, 6.45) is 3.96. The number of nitrogens with one attached hydrogen (secondary N) is 4. The average Bonchev–Trinajstić information content (AvgIpc) is 3.29. The predicted octanol–water partition coefficient (Wildman–Crippen LogP) is 3.42. The summed E-state index contributed by atoms with van der Waals surface area (Å²) in [4.78, 5) is 20.0. The van der Waals surface area contributed by atoms with Crippen molar-refractivity contribution in [2.24, 2.45) is 11.5 Å². The van der Waals surface area contributed by atoms with Crippen LogP contribution in [0.1, 0.15) is 30.9 Å². The monoisotopic (exact) mass is 538 g/mol. The van der Waals surface area contributed by atoms with Crippen LogP contribution in [-0.2, 0) is 13.0 Å². The number of rotatable bonds is 11. The third-order valence-corrected chi connectivity index (χ3v) is 6.44. The maximum absolute atomic E-state index is 15.0. The van der Waals surface area contributed by atoms with Crippen LogP contribution >= 0.6 is 11.6 Å². The van der Waals surface area contributed by atoms with Gasteiger partial charge >= 0.3 is 5.69 Å². The number of aromatic amines is 1. The highest BCUT2D eigenvalue weighted by Crippen LogP contribution is 2.31. The van der Waals surface area contributed by atoms with Crippen LogP contribution in [0.15, 0.2) is 53.5 Å². The Morgan fingerprint density at radius 1 is 1.21 bits per heavy atom. The number of aryl methyl sites for hydroxylation is 1. The summed E-state index contributed by atoms with van der Waals surface area (Å²) >= 11 is 6.18. The zero-order valence-electron chi connectivity index (χ0n) is 21.2. The van der Waals surface area contributed by atoms with Gasteiger partial charge in [0, 0.05) is 36.3 Å². The van der Waals surface area contributed by atoms with Gasteiger partial charge in [-0.25, -0.2) is 9.18 Å². The second kappa shape index (κ2) is 12.2. The van der Waals surface area contributed by atoms with Gasteiger partial charge in [0.1, 0.15) is 5.65 Å². The molecular weight excluding hydrogens is 507 g/mol. The third kappa shape index (κ3) is 6.77. The third-order valence-electron chi connectivity index (χ3n) is 6.16. The summed E-state index contributed by atoms with van der Waals surface area (Å²) in [5.41, 5.74) is 14.5. The van der Waals surface area contributed by atoms with E-state index >= 15 is 0 Å². The van der Waals surface area contributed by atoms with Gasteiger partial charge in [-0.2, -0.15) is 4.98 Å². The van der Waals surface area contributed by atoms with Gasteiger partial charge in [-0.05, 0) is 74.2 Å². The van der Waals surface area contributed by atoms with Crippen molar-refractivity contribution < 1.29 is 4.39 Å². The molecule has 2 aromatic carbocycles. The van der Waals surface area contributed by atoms with Gasteiger partial charge in [0.25, 0.3) is 0 Å². The molecule has 0 saturated heterocycles. The first-order valence-corrected chi connectivity index (χ1v) is 12.8. The molecule has 2 aromatic heterocycles. The molecule has 11 heteroatoms. The maximum atomic E-state index is 15.0. The molecule has 0 bridgehead atoms. The van der Waals surface area contributed by atoms with E-state index in [1.165, 1.54) is 4.57 Å². The summed E-state index contributed by atoms with van der Waals surface area (Å²) in [5, 5.41) is 13.9. The van der Waals surface area contributed by atoms with Gasteiger partial charge in [0.05, 0.1) is 16.4 Å². The number of halogens is 2. The van der Waals surface area contributed by atoms with E-state index in [1.54, 1.807) is 24.4 Å². The highest BCUT2D eigenvalue weighted by atomic mass is 35.5.